The number of nitrogens with zero attached hydrogens (tertiary/aromatic N) is 3. The molecule has 0 aliphatic rings. The fraction of sp³-hybridized carbons (Fsp3) is 0.538. The molecule has 0 amide bonds. The molecule has 0 unspecified atom stereocenters. The summed E-state index contributed by atoms with van der Waals surface area (Å²) in [6, 6.07) is 4.16. The molecule has 1 aromatic heterocycles. The van der Waals surface area contributed by atoms with Gasteiger partial charge in [-0.25, -0.2) is 4.98 Å². The zero-order valence-electron chi connectivity index (χ0n) is 10.9. The molecule has 1 heterocycles. The Morgan fingerprint density at radius 1 is 1.47 bits per heavy atom. The highest BCUT2D eigenvalue weighted by atomic mass is 16.5. The van der Waals surface area contributed by atoms with E-state index in [9.17, 15) is 0 Å². The summed E-state index contributed by atoms with van der Waals surface area (Å²) in [5, 5.41) is 9.17. The lowest BCUT2D eigenvalue weighted by atomic mass is 10.1. The van der Waals surface area contributed by atoms with Gasteiger partial charge in [-0.1, -0.05) is 0 Å². The molecule has 4 heteroatoms. The van der Waals surface area contributed by atoms with E-state index >= 15 is 0 Å². The van der Waals surface area contributed by atoms with Crippen molar-refractivity contribution in [3.05, 3.63) is 22.9 Å². The fourth-order valence-corrected chi connectivity index (χ4v) is 1.78. The van der Waals surface area contributed by atoms with Crippen molar-refractivity contribution in [3.63, 3.8) is 0 Å². The quantitative estimate of drug-likeness (QED) is 0.730. The first-order valence-electron chi connectivity index (χ1n) is 5.68. The third-order valence-corrected chi connectivity index (χ3v) is 2.64. The Morgan fingerprint density at radius 2 is 2.18 bits per heavy atom. The van der Waals surface area contributed by atoms with E-state index in [1.165, 1.54) is 0 Å². The second-order valence-corrected chi connectivity index (χ2v) is 4.16. The van der Waals surface area contributed by atoms with Crippen LogP contribution in [0.15, 0.2) is 6.07 Å². The molecule has 0 radical (unpaired) electrons. The summed E-state index contributed by atoms with van der Waals surface area (Å²) < 4.78 is 5.02. The van der Waals surface area contributed by atoms with Crippen molar-refractivity contribution in [3.8, 4) is 6.07 Å². The highest BCUT2D eigenvalue weighted by Crippen LogP contribution is 2.20. The largest absolute Gasteiger partial charge is 0.385 e. The second-order valence-electron chi connectivity index (χ2n) is 4.16. The minimum atomic E-state index is 0.663. The first-order chi connectivity index (χ1) is 8.10. The first kappa shape index (κ1) is 13.5. The monoisotopic (exact) mass is 233 g/mol. The van der Waals surface area contributed by atoms with Crippen LogP contribution < -0.4 is 4.90 Å². The molecule has 17 heavy (non-hydrogen) atoms. The number of ether oxygens (including phenoxy) is 1. The van der Waals surface area contributed by atoms with Crippen LogP contribution in [0.4, 0.5) is 5.82 Å². The Kier molecular flexibility index (Phi) is 4.92. The molecule has 0 N–H and O–H groups in total. The molecule has 1 rings (SSSR count). The molecule has 0 atom stereocenters. The van der Waals surface area contributed by atoms with Gasteiger partial charge in [0.25, 0.3) is 0 Å². The maximum Gasteiger partial charge on any atom is 0.146 e. The molecule has 0 fully saturated rings. The van der Waals surface area contributed by atoms with E-state index in [0.717, 1.165) is 36.6 Å². The van der Waals surface area contributed by atoms with Crippen LogP contribution in [0.3, 0.4) is 0 Å². The zero-order valence-corrected chi connectivity index (χ0v) is 10.9. The van der Waals surface area contributed by atoms with Crippen LogP contribution >= 0.6 is 0 Å². The third kappa shape index (κ3) is 3.43. The lowest BCUT2D eigenvalue weighted by Gasteiger charge is -2.20. The number of anilines is 1. The Labute approximate surface area is 103 Å². The van der Waals surface area contributed by atoms with Crippen molar-refractivity contribution in [1.82, 2.24) is 4.98 Å². The van der Waals surface area contributed by atoms with Gasteiger partial charge in [0.05, 0.1) is 5.56 Å². The van der Waals surface area contributed by atoms with E-state index in [1.54, 1.807) is 7.11 Å². The van der Waals surface area contributed by atoms with Crippen LogP contribution in [0.2, 0.25) is 0 Å². The van der Waals surface area contributed by atoms with Gasteiger partial charge in [0.2, 0.25) is 0 Å². The van der Waals surface area contributed by atoms with Gasteiger partial charge >= 0.3 is 0 Å². The predicted molar refractivity (Wildman–Crippen MR) is 68.2 cm³/mol. The number of hydrogen-bond donors (Lipinski definition) is 0. The van der Waals surface area contributed by atoms with E-state index in [0.29, 0.717) is 5.56 Å². The van der Waals surface area contributed by atoms with Gasteiger partial charge in [-0.15, -0.1) is 0 Å². The van der Waals surface area contributed by atoms with Crippen LogP contribution in [-0.2, 0) is 4.74 Å². The average molecular weight is 233 g/mol. The molecule has 0 saturated heterocycles. The minimum absolute atomic E-state index is 0.663. The maximum absolute atomic E-state index is 9.17. The number of nitriles is 1. The molecule has 0 aliphatic heterocycles. The topological polar surface area (TPSA) is 49.1 Å². The summed E-state index contributed by atoms with van der Waals surface area (Å²) in [5.74, 6) is 0.765. The second kappa shape index (κ2) is 6.21. The molecule has 0 aliphatic carbocycles. The number of pyridine rings is 1. The molecule has 0 spiro atoms. The minimum Gasteiger partial charge on any atom is -0.385 e. The lowest BCUT2D eigenvalue weighted by Crippen LogP contribution is -2.22. The van der Waals surface area contributed by atoms with Crippen molar-refractivity contribution < 1.29 is 4.74 Å². The van der Waals surface area contributed by atoms with Gasteiger partial charge in [-0.05, 0) is 31.9 Å². The lowest BCUT2D eigenvalue weighted by molar-refractivity contribution is 0.196. The molecule has 4 nitrogen and oxygen atoms in total. The number of methoxy groups -OCH3 is 1. The Balaban J connectivity index is 2.92. The Bertz CT molecular complexity index is 423. The molecular formula is C13H19N3O. The van der Waals surface area contributed by atoms with Gasteiger partial charge in [0, 0.05) is 33.0 Å². The van der Waals surface area contributed by atoms with Gasteiger partial charge in [0.1, 0.15) is 11.9 Å². The summed E-state index contributed by atoms with van der Waals surface area (Å²) in [7, 11) is 3.65. The molecule has 0 saturated carbocycles. The summed E-state index contributed by atoms with van der Waals surface area (Å²) in [5.41, 5.74) is 2.58. The SMILES string of the molecule is COCCCN(C)c1nc(C)cc(C)c1C#N. The highest BCUT2D eigenvalue weighted by Gasteiger charge is 2.12. The van der Waals surface area contributed by atoms with Crippen molar-refractivity contribution in [2.75, 3.05) is 32.2 Å². The normalized spacial score (nSPS) is 10.1. The van der Waals surface area contributed by atoms with Crippen molar-refractivity contribution in [2.45, 2.75) is 20.3 Å². The van der Waals surface area contributed by atoms with E-state index in [1.807, 2.05) is 31.9 Å². The van der Waals surface area contributed by atoms with Crippen LogP contribution in [0.5, 0.6) is 0 Å². The number of rotatable bonds is 5. The number of aromatic nitrogens is 1. The smallest absolute Gasteiger partial charge is 0.146 e. The van der Waals surface area contributed by atoms with Crippen molar-refractivity contribution in [1.29, 1.82) is 5.26 Å². The summed E-state index contributed by atoms with van der Waals surface area (Å²) in [4.78, 5) is 6.46. The van der Waals surface area contributed by atoms with Gasteiger partial charge in [-0.3, -0.25) is 0 Å². The van der Waals surface area contributed by atoms with Gasteiger partial charge in [-0.2, -0.15) is 5.26 Å². The predicted octanol–water partition coefficient (Wildman–Crippen LogP) is 2.04. The zero-order chi connectivity index (χ0) is 12.8. The molecule has 92 valence electrons. The number of aryl methyl sites for hydroxylation is 2. The third-order valence-electron chi connectivity index (χ3n) is 2.64. The van der Waals surface area contributed by atoms with Gasteiger partial charge < -0.3 is 9.64 Å². The van der Waals surface area contributed by atoms with E-state index in [2.05, 4.69) is 11.1 Å². The van der Waals surface area contributed by atoms with E-state index in [-0.39, 0.29) is 0 Å². The fourth-order valence-electron chi connectivity index (χ4n) is 1.78. The Hall–Kier alpha value is -1.60. The van der Waals surface area contributed by atoms with Gasteiger partial charge in [0.15, 0.2) is 0 Å². The first-order valence-corrected chi connectivity index (χ1v) is 5.68. The number of hydrogen-bond acceptors (Lipinski definition) is 4. The van der Waals surface area contributed by atoms with Crippen molar-refractivity contribution in [2.24, 2.45) is 0 Å². The molecular weight excluding hydrogens is 214 g/mol. The van der Waals surface area contributed by atoms with Crippen LogP contribution in [0, 0.1) is 25.2 Å². The highest BCUT2D eigenvalue weighted by molar-refractivity contribution is 5.57. The van der Waals surface area contributed by atoms with Crippen molar-refractivity contribution >= 4 is 5.82 Å². The molecule has 1 aromatic rings. The van der Waals surface area contributed by atoms with Crippen LogP contribution in [-0.4, -0.2) is 32.3 Å². The summed E-state index contributed by atoms with van der Waals surface area (Å²) >= 11 is 0. The van der Waals surface area contributed by atoms with E-state index in [4.69, 9.17) is 10.00 Å². The average Bonchev–Trinajstić information content (AvgIpc) is 2.28. The summed E-state index contributed by atoms with van der Waals surface area (Å²) in [6.07, 6.45) is 0.923. The molecule has 0 bridgehead atoms. The standard InChI is InChI=1S/C13H19N3O/c1-10-8-11(2)15-13(12(10)9-14)16(3)6-5-7-17-4/h8H,5-7H2,1-4H3. The van der Waals surface area contributed by atoms with E-state index < -0.39 is 0 Å². The maximum atomic E-state index is 9.17. The molecule has 0 aromatic carbocycles. The van der Waals surface area contributed by atoms with Crippen LogP contribution in [0.25, 0.3) is 0 Å². The summed E-state index contributed by atoms with van der Waals surface area (Å²) in [6.45, 7) is 5.44. The van der Waals surface area contributed by atoms with Crippen LogP contribution in [0.1, 0.15) is 23.2 Å². The Morgan fingerprint density at radius 3 is 2.76 bits per heavy atom.